The second kappa shape index (κ2) is 10.6. The van der Waals surface area contributed by atoms with E-state index in [9.17, 15) is 4.57 Å². The normalized spacial score (nSPS) is 12.0. The molecule has 0 saturated heterocycles. The van der Waals surface area contributed by atoms with Gasteiger partial charge < -0.3 is 4.57 Å². The lowest BCUT2D eigenvalue weighted by molar-refractivity contribution is 0.589. The highest BCUT2D eigenvalue weighted by atomic mass is 35.5. The summed E-state index contributed by atoms with van der Waals surface area (Å²) >= 11 is 6.11. The van der Waals surface area contributed by atoms with Crippen LogP contribution in [-0.4, -0.2) is 0 Å². The standard InChI is InChI=1S/C29H26ClOP/c30-26-21-19-25(20-22-26)23-29(18-10-13-24-11-4-1-5-12-24)32(31,27-14-6-2-7-15-27)28-16-8-3-9-17-28/h1-9,11-12,14-17,19-23H,10,13,18H2/b29-23+. The summed E-state index contributed by atoms with van der Waals surface area (Å²) in [5.41, 5.74) is 2.31. The van der Waals surface area contributed by atoms with Crippen LogP contribution in [0, 0.1) is 0 Å². The van der Waals surface area contributed by atoms with Crippen molar-refractivity contribution >= 4 is 35.4 Å². The van der Waals surface area contributed by atoms with Crippen LogP contribution in [0.1, 0.15) is 24.0 Å². The largest absolute Gasteiger partial charge is 0.309 e. The van der Waals surface area contributed by atoms with Crippen molar-refractivity contribution in [3.63, 3.8) is 0 Å². The molecule has 0 heterocycles. The third-order valence-electron chi connectivity index (χ3n) is 5.59. The quantitative estimate of drug-likeness (QED) is 0.248. The third kappa shape index (κ3) is 5.30. The molecule has 0 fully saturated rings. The highest BCUT2D eigenvalue weighted by Gasteiger charge is 2.31. The number of hydrogen-bond acceptors (Lipinski definition) is 1. The Kier molecular flexibility index (Phi) is 7.43. The van der Waals surface area contributed by atoms with Crippen molar-refractivity contribution in [1.82, 2.24) is 0 Å². The fraction of sp³-hybridized carbons (Fsp3) is 0.103. The summed E-state index contributed by atoms with van der Waals surface area (Å²) in [6.07, 6.45) is 4.72. The molecule has 0 atom stereocenters. The third-order valence-corrected chi connectivity index (χ3v) is 9.05. The minimum Gasteiger partial charge on any atom is -0.309 e. The number of allylic oxidation sites excluding steroid dienone is 1. The molecule has 0 unspecified atom stereocenters. The SMILES string of the molecule is O=P(/C(=C/c1ccc(Cl)cc1)CCCc1ccccc1)(c1ccccc1)c1ccccc1. The summed E-state index contributed by atoms with van der Waals surface area (Å²) < 4.78 is 14.9. The maximum absolute atomic E-state index is 14.9. The van der Waals surface area contributed by atoms with Crippen molar-refractivity contribution in [2.75, 3.05) is 0 Å². The van der Waals surface area contributed by atoms with Crippen molar-refractivity contribution in [1.29, 1.82) is 0 Å². The van der Waals surface area contributed by atoms with Crippen molar-refractivity contribution in [2.24, 2.45) is 0 Å². The Morgan fingerprint density at radius 1 is 0.688 bits per heavy atom. The minimum atomic E-state index is -3.00. The van der Waals surface area contributed by atoms with Gasteiger partial charge in [-0.2, -0.15) is 0 Å². The van der Waals surface area contributed by atoms with Crippen LogP contribution in [0.25, 0.3) is 6.08 Å². The predicted molar refractivity (Wildman–Crippen MR) is 139 cm³/mol. The lowest BCUT2D eigenvalue weighted by atomic mass is 10.1. The molecular formula is C29H26ClOP. The second-order valence-electron chi connectivity index (χ2n) is 7.81. The van der Waals surface area contributed by atoms with Crippen LogP contribution in [0.3, 0.4) is 0 Å². The van der Waals surface area contributed by atoms with Gasteiger partial charge in [0, 0.05) is 15.6 Å². The first-order valence-electron chi connectivity index (χ1n) is 10.9. The maximum atomic E-state index is 14.9. The van der Waals surface area contributed by atoms with Crippen LogP contribution in [0.5, 0.6) is 0 Å². The van der Waals surface area contributed by atoms with Gasteiger partial charge in [-0.05, 0) is 53.9 Å². The van der Waals surface area contributed by atoms with E-state index in [1.54, 1.807) is 0 Å². The van der Waals surface area contributed by atoms with Crippen LogP contribution in [0.2, 0.25) is 5.02 Å². The van der Waals surface area contributed by atoms with Crippen molar-refractivity contribution in [2.45, 2.75) is 19.3 Å². The number of aryl methyl sites for hydroxylation is 1. The zero-order valence-electron chi connectivity index (χ0n) is 17.9. The molecule has 0 aliphatic carbocycles. The highest BCUT2D eigenvalue weighted by molar-refractivity contribution is 7.82. The lowest BCUT2D eigenvalue weighted by Gasteiger charge is -2.23. The number of rotatable bonds is 8. The Morgan fingerprint density at radius 2 is 1.19 bits per heavy atom. The van der Waals surface area contributed by atoms with Gasteiger partial charge in [-0.3, -0.25) is 0 Å². The molecule has 0 aliphatic rings. The number of halogens is 1. The molecule has 32 heavy (non-hydrogen) atoms. The van der Waals surface area contributed by atoms with E-state index in [0.717, 1.165) is 40.7 Å². The van der Waals surface area contributed by atoms with Crippen molar-refractivity contribution < 1.29 is 4.57 Å². The topological polar surface area (TPSA) is 17.1 Å². The molecule has 0 spiro atoms. The number of hydrogen-bond donors (Lipinski definition) is 0. The summed E-state index contributed by atoms with van der Waals surface area (Å²) in [5, 5.41) is 3.40. The molecule has 3 heteroatoms. The first-order valence-corrected chi connectivity index (χ1v) is 13.0. The average molecular weight is 457 g/mol. The Morgan fingerprint density at radius 3 is 1.72 bits per heavy atom. The van der Waals surface area contributed by atoms with Gasteiger partial charge in [0.05, 0.1) is 0 Å². The van der Waals surface area contributed by atoms with Crippen molar-refractivity contribution in [3.8, 4) is 0 Å². The zero-order chi connectivity index (χ0) is 22.2. The molecule has 0 radical (unpaired) electrons. The smallest absolute Gasteiger partial charge is 0.167 e. The Labute approximate surface area is 195 Å². The van der Waals surface area contributed by atoms with E-state index in [4.69, 9.17) is 11.6 Å². The summed E-state index contributed by atoms with van der Waals surface area (Å²) in [5.74, 6) is 0. The molecule has 0 bridgehead atoms. The number of benzene rings is 4. The van der Waals surface area contributed by atoms with E-state index in [2.05, 4.69) is 30.3 Å². The maximum Gasteiger partial charge on any atom is 0.167 e. The van der Waals surface area contributed by atoms with E-state index < -0.39 is 7.14 Å². The van der Waals surface area contributed by atoms with Crippen LogP contribution in [0.4, 0.5) is 0 Å². The predicted octanol–water partition coefficient (Wildman–Crippen LogP) is 7.72. The Bertz CT molecular complexity index is 1160. The molecule has 160 valence electrons. The van der Waals surface area contributed by atoms with Gasteiger partial charge in [-0.15, -0.1) is 0 Å². The molecule has 4 aromatic carbocycles. The molecular weight excluding hydrogens is 431 g/mol. The van der Waals surface area contributed by atoms with Crippen molar-refractivity contribution in [3.05, 3.63) is 137 Å². The van der Waals surface area contributed by atoms with E-state index in [0.29, 0.717) is 5.02 Å². The van der Waals surface area contributed by atoms with Gasteiger partial charge in [0.2, 0.25) is 0 Å². The molecule has 0 aromatic heterocycles. The first-order chi connectivity index (χ1) is 15.7. The molecule has 4 rings (SSSR count). The van der Waals surface area contributed by atoms with Gasteiger partial charge in [0.1, 0.15) is 0 Å². The Balaban J connectivity index is 1.77. The van der Waals surface area contributed by atoms with E-state index in [1.165, 1.54) is 5.56 Å². The molecule has 0 N–H and O–H groups in total. The van der Waals surface area contributed by atoms with Crippen LogP contribution >= 0.6 is 18.7 Å². The molecule has 0 amide bonds. The molecule has 4 aromatic rings. The van der Waals surface area contributed by atoms with Gasteiger partial charge in [-0.1, -0.05) is 115 Å². The molecule has 0 saturated carbocycles. The van der Waals surface area contributed by atoms with E-state index >= 15 is 0 Å². The van der Waals surface area contributed by atoms with Crippen LogP contribution in [0.15, 0.2) is 121 Å². The lowest BCUT2D eigenvalue weighted by Crippen LogP contribution is -2.17. The zero-order valence-corrected chi connectivity index (χ0v) is 19.6. The summed E-state index contributed by atoms with van der Waals surface area (Å²) in [4.78, 5) is 0. The fourth-order valence-corrected chi connectivity index (χ4v) is 7.02. The minimum absolute atomic E-state index is 0.696. The summed E-state index contributed by atoms with van der Waals surface area (Å²) in [7, 11) is -3.00. The van der Waals surface area contributed by atoms with E-state index in [1.807, 2.05) is 91.0 Å². The summed E-state index contributed by atoms with van der Waals surface area (Å²) in [6, 6.07) is 38.0. The summed E-state index contributed by atoms with van der Waals surface area (Å²) in [6.45, 7) is 0. The fourth-order valence-electron chi connectivity index (χ4n) is 3.95. The second-order valence-corrected chi connectivity index (χ2v) is 11.1. The van der Waals surface area contributed by atoms with E-state index in [-0.39, 0.29) is 0 Å². The van der Waals surface area contributed by atoms with Crippen LogP contribution < -0.4 is 10.6 Å². The Hall–Kier alpha value is -2.86. The van der Waals surface area contributed by atoms with Gasteiger partial charge in [0.25, 0.3) is 0 Å². The van der Waals surface area contributed by atoms with Gasteiger partial charge in [0.15, 0.2) is 7.14 Å². The van der Waals surface area contributed by atoms with Gasteiger partial charge in [-0.25, -0.2) is 0 Å². The highest BCUT2D eigenvalue weighted by Crippen LogP contribution is 2.54. The molecule has 0 aliphatic heterocycles. The van der Waals surface area contributed by atoms with Crippen LogP contribution in [-0.2, 0) is 11.0 Å². The first kappa shape index (κ1) is 22.3. The average Bonchev–Trinajstić information content (AvgIpc) is 2.86. The monoisotopic (exact) mass is 456 g/mol. The molecule has 1 nitrogen and oxygen atoms in total. The van der Waals surface area contributed by atoms with Gasteiger partial charge >= 0.3 is 0 Å².